The number of nitrogens with two attached hydrogens (primary N) is 1. The maximum atomic E-state index is 5.30. The Balaban J connectivity index is 2.30. The predicted octanol–water partition coefficient (Wildman–Crippen LogP) is 1.69. The molecule has 0 aromatic heterocycles. The van der Waals surface area contributed by atoms with Crippen LogP contribution >= 0.6 is 0 Å². The molecule has 16 heavy (non-hydrogen) atoms. The summed E-state index contributed by atoms with van der Waals surface area (Å²) >= 11 is 0. The third-order valence-corrected chi connectivity index (χ3v) is 2.68. The molecule has 0 atom stereocenters. The number of benzene rings is 2. The normalized spacial score (nSPS) is 11.2. The summed E-state index contributed by atoms with van der Waals surface area (Å²) in [4.78, 5) is 2.14. The first-order chi connectivity index (χ1) is 7.81. The van der Waals surface area contributed by atoms with Crippen molar-refractivity contribution in [1.29, 1.82) is 0 Å². The van der Waals surface area contributed by atoms with Gasteiger partial charge in [-0.05, 0) is 23.4 Å². The zero-order valence-electron chi connectivity index (χ0n) is 9.48. The lowest BCUT2D eigenvalue weighted by Crippen LogP contribution is -2.35. The molecule has 0 aliphatic rings. The quantitative estimate of drug-likeness (QED) is 0.463. The summed E-state index contributed by atoms with van der Waals surface area (Å²) in [5, 5.41) is 2.60. The van der Waals surface area contributed by atoms with Gasteiger partial charge in [0.25, 0.3) is 0 Å². The van der Waals surface area contributed by atoms with E-state index in [4.69, 9.17) is 5.84 Å². The molecule has 0 heterocycles. The lowest BCUT2D eigenvalue weighted by molar-refractivity contribution is 0.302. The lowest BCUT2D eigenvalue weighted by atomic mass is 10.0. The summed E-state index contributed by atoms with van der Waals surface area (Å²) in [6, 6.07) is 14.8. The van der Waals surface area contributed by atoms with Crippen molar-refractivity contribution in [1.82, 2.24) is 10.3 Å². The van der Waals surface area contributed by atoms with Crippen LogP contribution in [0.25, 0.3) is 10.8 Å². The van der Waals surface area contributed by atoms with Crippen molar-refractivity contribution < 1.29 is 0 Å². The van der Waals surface area contributed by atoms with Gasteiger partial charge < -0.3 is 0 Å². The van der Waals surface area contributed by atoms with E-state index in [0.717, 1.165) is 6.54 Å². The SMILES string of the molecule is CN(CNN)Cc1cccc2ccccc12. The van der Waals surface area contributed by atoms with E-state index < -0.39 is 0 Å². The van der Waals surface area contributed by atoms with Crippen molar-refractivity contribution in [2.45, 2.75) is 6.54 Å². The van der Waals surface area contributed by atoms with Crippen molar-refractivity contribution >= 4 is 10.8 Å². The molecule has 3 heteroatoms. The van der Waals surface area contributed by atoms with E-state index in [1.165, 1.54) is 16.3 Å². The Hall–Kier alpha value is -1.42. The molecule has 0 unspecified atom stereocenters. The Bertz CT molecular complexity index is 462. The molecule has 0 bridgehead atoms. The van der Waals surface area contributed by atoms with Gasteiger partial charge in [-0.1, -0.05) is 42.5 Å². The molecule has 3 nitrogen and oxygen atoms in total. The first kappa shape index (κ1) is 11.1. The number of nitrogens with one attached hydrogen (secondary N) is 1. The topological polar surface area (TPSA) is 41.3 Å². The molecule has 0 saturated carbocycles. The Labute approximate surface area is 95.8 Å². The zero-order chi connectivity index (χ0) is 11.4. The van der Waals surface area contributed by atoms with Crippen LogP contribution in [0.3, 0.4) is 0 Å². The largest absolute Gasteiger partial charge is 0.288 e. The molecule has 3 N–H and O–H groups in total. The molecule has 0 saturated heterocycles. The summed E-state index contributed by atoms with van der Waals surface area (Å²) in [7, 11) is 2.04. The fourth-order valence-corrected chi connectivity index (χ4v) is 1.93. The maximum absolute atomic E-state index is 5.30. The number of nitrogens with zero attached hydrogens (tertiary/aromatic N) is 1. The minimum absolute atomic E-state index is 0.684. The van der Waals surface area contributed by atoms with Crippen LogP contribution in [0.2, 0.25) is 0 Å². The van der Waals surface area contributed by atoms with Crippen molar-refractivity contribution in [3.05, 3.63) is 48.0 Å². The van der Waals surface area contributed by atoms with E-state index in [-0.39, 0.29) is 0 Å². The molecular weight excluding hydrogens is 198 g/mol. The molecule has 0 radical (unpaired) electrons. The fourth-order valence-electron chi connectivity index (χ4n) is 1.93. The van der Waals surface area contributed by atoms with Gasteiger partial charge in [0.05, 0.1) is 6.67 Å². The summed E-state index contributed by atoms with van der Waals surface area (Å²) in [5.74, 6) is 5.30. The van der Waals surface area contributed by atoms with Crippen molar-refractivity contribution in [3.63, 3.8) is 0 Å². The molecular formula is C13H17N3. The van der Waals surface area contributed by atoms with Gasteiger partial charge in [0, 0.05) is 6.54 Å². The second-order valence-electron chi connectivity index (χ2n) is 4.01. The van der Waals surface area contributed by atoms with Crippen LogP contribution < -0.4 is 11.3 Å². The van der Waals surface area contributed by atoms with Crippen LogP contribution in [0, 0.1) is 0 Å². The van der Waals surface area contributed by atoms with Crippen molar-refractivity contribution in [2.75, 3.05) is 13.7 Å². The van der Waals surface area contributed by atoms with E-state index >= 15 is 0 Å². The molecule has 0 aliphatic carbocycles. The van der Waals surface area contributed by atoms with Crippen LogP contribution in [0.1, 0.15) is 5.56 Å². The zero-order valence-corrected chi connectivity index (χ0v) is 9.48. The van der Waals surface area contributed by atoms with Crippen LogP contribution in [-0.2, 0) is 6.54 Å². The second kappa shape index (κ2) is 5.07. The smallest absolute Gasteiger partial charge is 0.0612 e. The molecule has 0 amide bonds. The highest BCUT2D eigenvalue weighted by molar-refractivity contribution is 5.85. The minimum Gasteiger partial charge on any atom is -0.288 e. The van der Waals surface area contributed by atoms with Crippen LogP contribution in [0.15, 0.2) is 42.5 Å². The number of hydrogen-bond donors (Lipinski definition) is 2. The van der Waals surface area contributed by atoms with E-state index in [1.807, 2.05) is 7.05 Å². The van der Waals surface area contributed by atoms with Gasteiger partial charge in [0.1, 0.15) is 0 Å². The van der Waals surface area contributed by atoms with Crippen molar-refractivity contribution in [2.24, 2.45) is 5.84 Å². The summed E-state index contributed by atoms with van der Waals surface area (Å²) in [6.45, 7) is 1.58. The monoisotopic (exact) mass is 215 g/mol. The third-order valence-electron chi connectivity index (χ3n) is 2.68. The van der Waals surface area contributed by atoms with Crippen molar-refractivity contribution in [3.8, 4) is 0 Å². The molecule has 2 aromatic carbocycles. The van der Waals surface area contributed by atoms with Gasteiger partial charge in [-0.15, -0.1) is 0 Å². The second-order valence-corrected chi connectivity index (χ2v) is 4.01. The molecule has 0 aliphatic heterocycles. The number of fused-ring (bicyclic) bond motifs is 1. The number of hydrazine groups is 1. The number of hydrogen-bond acceptors (Lipinski definition) is 3. The summed E-state index contributed by atoms with van der Waals surface area (Å²) < 4.78 is 0. The summed E-state index contributed by atoms with van der Waals surface area (Å²) in [5.41, 5.74) is 3.99. The first-order valence-electron chi connectivity index (χ1n) is 5.40. The standard InChI is InChI=1S/C13H17N3/c1-16(10-15-14)9-12-7-4-6-11-5-2-3-8-13(11)12/h2-8,15H,9-10,14H2,1H3. The van der Waals surface area contributed by atoms with Crippen LogP contribution in [0.5, 0.6) is 0 Å². The third kappa shape index (κ3) is 2.39. The highest BCUT2D eigenvalue weighted by Crippen LogP contribution is 2.19. The van der Waals surface area contributed by atoms with Gasteiger partial charge in [-0.25, -0.2) is 5.43 Å². The van der Waals surface area contributed by atoms with Gasteiger partial charge in [0.2, 0.25) is 0 Å². The van der Waals surface area contributed by atoms with Gasteiger partial charge in [0.15, 0.2) is 0 Å². The Kier molecular flexibility index (Phi) is 3.51. The molecule has 0 spiro atoms. The minimum atomic E-state index is 0.684. The van der Waals surface area contributed by atoms with E-state index in [1.54, 1.807) is 0 Å². The lowest BCUT2D eigenvalue weighted by Gasteiger charge is -2.17. The Morgan fingerprint density at radius 2 is 1.88 bits per heavy atom. The predicted molar refractivity (Wildman–Crippen MR) is 67.6 cm³/mol. The Morgan fingerprint density at radius 1 is 1.12 bits per heavy atom. The van der Waals surface area contributed by atoms with Crippen LogP contribution in [-0.4, -0.2) is 18.6 Å². The van der Waals surface area contributed by atoms with Gasteiger partial charge >= 0.3 is 0 Å². The van der Waals surface area contributed by atoms with E-state index in [2.05, 4.69) is 52.8 Å². The number of rotatable bonds is 4. The van der Waals surface area contributed by atoms with E-state index in [9.17, 15) is 0 Å². The van der Waals surface area contributed by atoms with E-state index in [0.29, 0.717) is 6.67 Å². The van der Waals surface area contributed by atoms with Gasteiger partial charge in [-0.2, -0.15) is 0 Å². The molecule has 2 aromatic rings. The summed E-state index contributed by atoms with van der Waals surface area (Å²) in [6.07, 6.45) is 0. The van der Waals surface area contributed by atoms with Crippen LogP contribution in [0.4, 0.5) is 0 Å². The van der Waals surface area contributed by atoms with Gasteiger partial charge in [-0.3, -0.25) is 10.7 Å². The molecule has 0 fully saturated rings. The highest BCUT2D eigenvalue weighted by Gasteiger charge is 2.02. The Morgan fingerprint density at radius 3 is 2.69 bits per heavy atom. The first-order valence-corrected chi connectivity index (χ1v) is 5.40. The highest BCUT2D eigenvalue weighted by atomic mass is 15.3. The maximum Gasteiger partial charge on any atom is 0.0612 e. The average Bonchev–Trinajstić information content (AvgIpc) is 2.30. The molecule has 84 valence electrons. The fraction of sp³-hybridized carbons (Fsp3) is 0.231. The average molecular weight is 215 g/mol. The molecule has 2 rings (SSSR count).